The largest absolute Gasteiger partial charge is 0.441 e. The number of nitrogens with zero attached hydrogens (tertiary/aromatic N) is 4. The summed E-state index contributed by atoms with van der Waals surface area (Å²) in [5, 5.41) is 11.1. The number of Topliss-reactive ketones (excluding diaryl/α,β-unsaturated/α-hetero) is 1. The van der Waals surface area contributed by atoms with Gasteiger partial charge in [0, 0.05) is 17.8 Å². The van der Waals surface area contributed by atoms with Crippen LogP contribution in [0.25, 0.3) is 0 Å². The van der Waals surface area contributed by atoms with Crippen molar-refractivity contribution in [1.29, 1.82) is 0 Å². The molecule has 0 spiro atoms. The van der Waals surface area contributed by atoms with Crippen molar-refractivity contribution >= 4 is 17.6 Å². The SMILES string of the molecule is CC(=O)c1ccc(NC(=O)OC2COC3C2OCC3n2cc(CN(C)C)nn2)cc1. The molecule has 2 aliphatic rings. The Labute approximate surface area is 174 Å². The number of rotatable bonds is 6. The Balaban J connectivity index is 1.33. The number of carbonyl (C=O) groups excluding carboxylic acids is 2. The molecule has 1 aromatic heterocycles. The number of aromatic nitrogens is 3. The summed E-state index contributed by atoms with van der Waals surface area (Å²) >= 11 is 0. The van der Waals surface area contributed by atoms with E-state index in [-0.39, 0.29) is 30.6 Å². The summed E-state index contributed by atoms with van der Waals surface area (Å²) in [6.07, 6.45) is 0.168. The number of hydrogen-bond acceptors (Lipinski definition) is 8. The van der Waals surface area contributed by atoms with Gasteiger partial charge in [0.05, 0.1) is 25.1 Å². The molecule has 1 N–H and O–H groups in total. The molecular weight excluding hydrogens is 390 g/mol. The quantitative estimate of drug-likeness (QED) is 0.707. The third kappa shape index (κ3) is 4.35. The molecule has 1 amide bonds. The molecule has 4 atom stereocenters. The zero-order chi connectivity index (χ0) is 21.3. The Morgan fingerprint density at radius 1 is 1.20 bits per heavy atom. The zero-order valence-corrected chi connectivity index (χ0v) is 17.1. The maximum Gasteiger partial charge on any atom is 0.412 e. The van der Waals surface area contributed by atoms with E-state index in [4.69, 9.17) is 14.2 Å². The van der Waals surface area contributed by atoms with Gasteiger partial charge in [-0.2, -0.15) is 0 Å². The first-order chi connectivity index (χ1) is 14.4. The molecule has 0 radical (unpaired) electrons. The molecule has 10 heteroatoms. The van der Waals surface area contributed by atoms with Crippen LogP contribution in [0.2, 0.25) is 0 Å². The maximum absolute atomic E-state index is 12.3. The summed E-state index contributed by atoms with van der Waals surface area (Å²) in [7, 11) is 3.94. The molecule has 2 saturated heterocycles. The first-order valence-electron chi connectivity index (χ1n) is 9.78. The summed E-state index contributed by atoms with van der Waals surface area (Å²) < 4.78 is 19.0. The first kappa shape index (κ1) is 20.5. The Morgan fingerprint density at radius 3 is 2.63 bits per heavy atom. The number of ketones is 1. The standard InChI is InChI=1S/C20H25N5O5/c1-12(26)13-4-6-14(7-5-13)21-20(27)30-17-11-29-18-16(10-28-19(17)18)25-9-15(22-23-25)8-24(2)3/h4-7,9,16-19H,8,10-11H2,1-3H3,(H,21,27). The Morgan fingerprint density at radius 2 is 1.93 bits per heavy atom. The lowest BCUT2D eigenvalue weighted by Gasteiger charge is -2.17. The van der Waals surface area contributed by atoms with Crippen LogP contribution in [-0.4, -0.2) is 77.4 Å². The van der Waals surface area contributed by atoms with Crippen molar-refractivity contribution < 1.29 is 23.8 Å². The number of ether oxygens (including phenoxy) is 3. The van der Waals surface area contributed by atoms with Crippen LogP contribution in [0.4, 0.5) is 10.5 Å². The summed E-state index contributed by atoms with van der Waals surface area (Å²) in [4.78, 5) is 25.6. The molecule has 2 aliphatic heterocycles. The lowest BCUT2D eigenvalue weighted by Crippen LogP contribution is -2.34. The topological polar surface area (TPSA) is 108 Å². The minimum absolute atomic E-state index is 0.0348. The highest BCUT2D eigenvalue weighted by Gasteiger charge is 2.50. The summed E-state index contributed by atoms with van der Waals surface area (Å²) in [6.45, 7) is 2.85. The number of hydrogen-bond donors (Lipinski definition) is 1. The second-order valence-corrected chi connectivity index (χ2v) is 7.79. The van der Waals surface area contributed by atoms with Gasteiger partial charge in [-0.15, -0.1) is 5.10 Å². The highest BCUT2D eigenvalue weighted by atomic mass is 16.6. The van der Waals surface area contributed by atoms with Crippen LogP contribution in [0, 0.1) is 0 Å². The summed E-state index contributed by atoms with van der Waals surface area (Å²) in [6, 6.07) is 6.50. The van der Waals surface area contributed by atoms with Gasteiger partial charge in [0.15, 0.2) is 11.9 Å². The number of carbonyl (C=O) groups is 2. The van der Waals surface area contributed by atoms with Gasteiger partial charge in [-0.05, 0) is 45.3 Å². The lowest BCUT2D eigenvalue weighted by molar-refractivity contribution is 0.00770. The van der Waals surface area contributed by atoms with Gasteiger partial charge in [-0.3, -0.25) is 10.1 Å². The molecule has 0 bridgehead atoms. The molecule has 1 aromatic carbocycles. The zero-order valence-electron chi connectivity index (χ0n) is 17.1. The highest BCUT2D eigenvalue weighted by Crippen LogP contribution is 2.35. The predicted octanol–water partition coefficient (Wildman–Crippen LogP) is 1.50. The Kier molecular flexibility index (Phi) is 5.80. The van der Waals surface area contributed by atoms with E-state index in [2.05, 4.69) is 15.6 Å². The van der Waals surface area contributed by atoms with Crippen LogP contribution in [0.5, 0.6) is 0 Å². The highest BCUT2D eigenvalue weighted by molar-refractivity contribution is 5.94. The average molecular weight is 415 g/mol. The lowest BCUT2D eigenvalue weighted by atomic mass is 10.1. The summed E-state index contributed by atoms with van der Waals surface area (Å²) in [5.74, 6) is -0.0348. The number of nitrogens with one attached hydrogen (secondary N) is 1. The minimum Gasteiger partial charge on any atom is -0.441 e. The van der Waals surface area contributed by atoms with Gasteiger partial charge < -0.3 is 19.1 Å². The van der Waals surface area contributed by atoms with Gasteiger partial charge in [0.25, 0.3) is 0 Å². The van der Waals surface area contributed by atoms with Crippen LogP contribution < -0.4 is 5.32 Å². The normalized spacial score (nSPS) is 25.3. The number of fused-ring (bicyclic) bond motifs is 1. The van der Waals surface area contributed by atoms with Crippen LogP contribution in [0.15, 0.2) is 30.5 Å². The molecule has 3 heterocycles. The van der Waals surface area contributed by atoms with Crippen molar-refractivity contribution in [2.24, 2.45) is 0 Å². The predicted molar refractivity (Wildman–Crippen MR) is 106 cm³/mol. The molecule has 4 rings (SSSR count). The minimum atomic E-state index is -0.596. The number of benzene rings is 1. The average Bonchev–Trinajstić information content (AvgIpc) is 3.39. The molecule has 2 aromatic rings. The smallest absolute Gasteiger partial charge is 0.412 e. The summed E-state index contributed by atoms with van der Waals surface area (Å²) in [5.41, 5.74) is 1.99. The van der Waals surface area contributed by atoms with Crippen LogP contribution in [0.3, 0.4) is 0 Å². The molecule has 2 fully saturated rings. The van der Waals surface area contributed by atoms with Gasteiger partial charge in [0.2, 0.25) is 0 Å². The first-order valence-corrected chi connectivity index (χ1v) is 9.78. The fraction of sp³-hybridized carbons (Fsp3) is 0.500. The number of anilines is 1. The van der Waals surface area contributed by atoms with E-state index in [0.717, 1.165) is 5.69 Å². The van der Waals surface area contributed by atoms with Crippen molar-refractivity contribution in [3.63, 3.8) is 0 Å². The van der Waals surface area contributed by atoms with Crippen molar-refractivity contribution in [2.45, 2.75) is 37.8 Å². The molecular formula is C20H25N5O5. The maximum atomic E-state index is 12.3. The van der Waals surface area contributed by atoms with Gasteiger partial charge >= 0.3 is 6.09 Å². The number of amides is 1. The Hall–Kier alpha value is -2.82. The molecule has 4 unspecified atom stereocenters. The third-order valence-corrected chi connectivity index (χ3v) is 5.15. The van der Waals surface area contributed by atoms with E-state index in [0.29, 0.717) is 24.4 Å². The van der Waals surface area contributed by atoms with E-state index in [1.54, 1.807) is 28.9 Å². The van der Waals surface area contributed by atoms with E-state index < -0.39 is 12.2 Å². The monoisotopic (exact) mass is 415 g/mol. The molecule has 10 nitrogen and oxygen atoms in total. The van der Waals surface area contributed by atoms with E-state index in [1.807, 2.05) is 25.2 Å². The molecule has 0 saturated carbocycles. The molecule has 160 valence electrons. The van der Waals surface area contributed by atoms with Crippen LogP contribution in [0.1, 0.15) is 29.0 Å². The second-order valence-electron chi connectivity index (χ2n) is 7.79. The fourth-order valence-electron chi connectivity index (χ4n) is 3.72. The van der Waals surface area contributed by atoms with Crippen LogP contribution in [-0.2, 0) is 20.8 Å². The van der Waals surface area contributed by atoms with E-state index in [1.165, 1.54) is 6.92 Å². The van der Waals surface area contributed by atoms with Crippen molar-refractivity contribution in [2.75, 3.05) is 32.6 Å². The van der Waals surface area contributed by atoms with Gasteiger partial charge in [-0.1, -0.05) is 5.21 Å². The van der Waals surface area contributed by atoms with E-state index >= 15 is 0 Å². The van der Waals surface area contributed by atoms with E-state index in [9.17, 15) is 9.59 Å². The van der Waals surface area contributed by atoms with Crippen molar-refractivity contribution in [3.05, 3.63) is 41.7 Å². The van der Waals surface area contributed by atoms with Crippen molar-refractivity contribution in [3.8, 4) is 0 Å². The molecule has 0 aliphatic carbocycles. The van der Waals surface area contributed by atoms with Gasteiger partial charge in [-0.25, -0.2) is 9.48 Å². The Bertz CT molecular complexity index is 913. The molecule has 30 heavy (non-hydrogen) atoms. The van der Waals surface area contributed by atoms with Crippen LogP contribution >= 0.6 is 0 Å². The third-order valence-electron chi connectivity index (χ3n) is 5.15. The fourth-order valence-corrected chi connectivity index (χ4v) is 3.72. The van der Waals surface area contributed by atoms with Gasteiger partial charge in [0.1, 0.15) is 18.2 Å². The second kappa shape index (κ2) is 8.50. The van der Waals surface area contributed by atoms with Crippen molar-refractivity contribution in [1.82, 2.24) is 19.9 Å².